The molecule has 1 rings (SSSR count). The molecule has 0 aromatic heterocycles. The first-order valence-corrected chi connectivity index (χ1v) is 4.95. The first kappa shape index (κ1) is 11.9. The van der Waals surface area contributed by atoms with Crippen LogP contribution in [0.25, 0.3) is 0 Å². The van der Waals surface area contributed by atoms with Crippen molar-refractivity contribution in [2.24, 2.45) is 0 Å². The Labute approximate surface area is 89.7 Å². The predicted molar refractivity (Wildman–Crippen MR) is 58.6 cm³/mol. The van der Waals surface area contributed by atoms with Gasteiger partial charge in [0.05, 0.1) is 5.56 Å². The number of carbonyl (C=O) groups excluding carboxylic acids is 1. The van der Waals surface area contributed by atoms with Gasteiger partial charge in [0.1, 0.15) is 5.82 Å². The average molecular weight is 209 g/mol. The molecule has 15 heavy (non-hydrogen) atoms. The van der Waals surface area contributed by atoms with Crippen LogP contribution in [0.3, 0.4) is 0 Å². The fraction of sp³-hybridized carbons (Fsp3) is 0.417. The van der Waals surface area contributed by atoms with Crippen molar-refractivity contribution < 1.29 is 9.18 Å². The van der Waals surface area contributed by atoms with Crippen molar-refractivity contribution in [2.45, 2.75) is 13.3 Å². The lowest BCUT2D eigenvalue weighted by Crippen LogP contribution is -2.17. The molecule has 0 unspecified atom stereocenters. The molecule has 82 valence electrons. The van der Waals surface area contributed by atoms with Gasteiger partial charge in [0.2, 0.25) is 0 Å². The van der Waals surface area contributed by atoms with Gasteiger partial charge in [-0.3, -0.25) is 4.79 Å². The second kappa shape index (κ2) is 5.03. The van der Waals surface area contributed by atoms with Gasteiger partial charge in [-0.1, -0.05) is 6.07 Å². The van der Waals surface area contributed by atoms with E-state index in [1.165, 1.54) is 6.07 Å². The van der Waals surface area contributed by atoms with Crippen molar-refractivity contribution in [3.63, 3.8) is 0 Å². The molecule has 1 aromatic rings. The van der Waals surface area contributed by atoms with Crippen molar-refractivity contribution in [1.29, 1.82) is 0 Å². The van der Waals surface area contributed by atoms with E-state index >= 15 is 0 Å². The Bertz CT molecular complexity index is 361. The predicted octanol–water partition coefficient (Wildman–Crippen LogP) is 2.27. The van der Waals surface area contributed by atoms with Gasteiger partial charge < -0.3 is 4.90 Å². The summed E-state index contributed by atoms with van der Waals surface area (Å²) in [4.78, 5) is 13.5. The van der Waals surface area contributed by atoms with Gasteiger partial charge >= 0.3 is 0 Å². The number of hydrogen-bond donors (Lipinski definition) is 0. The SMILES string of the molecule is Cc1ccc(C(=O)CCN(C)C)c(F)c1. The molecule has 0 saturated carbocycles. The summed E-state index contributed by atoms with van der Waals surface area (Å²) in [7, 11) is 3.78. The molecule has 3 heteroatoms. The number of nitrogens with zero attached hydrogens (tertiary/aromatic N) is 1. The van der Waals surface area contributed by atoms with Gasteiger partial charge in [0.15, 0.2) is 5.78 Å². The lowest BCUT2D eigenvalue weighted by molar-refractivity contribution is 0.0968. The van der Waals surface area contributed by atoms with E-state index in [0.29, 0.717) is 13.0 Å². The second-order valence-electron chi connectivity index (χ2n) is 3.96. The largest absolute Gasteiger partial charge is 0.309 e. The Hall–Kier alpha value is -1.22. The van der Waals surface area contributed by atoms with Crippen LogP contribution < -0.4 is 0 Å². The third kappa shape index (κ3) is 3.44. The highest BCUT2D eigenvalue weighted by Gasteiger charge is 2.11. The van der Waals surface area contributed by atoms with E-state index < -0.39 is 5.82 Å². The van der Waals surface area contributed by atoms with Crippen molar-refractivity contribution in [3.8, 4) is 0 Å². The van der Waals surface area contributed by atoms with Crippen LogP contribution in [0.5, 0.6) is 0 Å². The molecule has 0 saturated heterocycles. The molecule has 1 aromatic carbocycles. The van der Waals surface area contributed by atoms with E-state index in [0.717, 1.165) is 5.56 Å². The highest BCUT2D eigenvalue weighted by atomic mass is 19.1. The van der Waals surface area contributed by atoms with Crippen LogP contribution in [0.1, 0.15) is 22.3 Å². The van der Waals surface area contributed by atoms with Gasteiger partial charge in [-0.15, -0.1) is 0 Å². The Morgan fingerprint density at radius 3 is 2.60 bits per heavy atom. The van der Waals surface area contributed by atoms with Gasteiger partial charge in [-0.2, -0.15) is 0 Å². The number of benzene rings is 1. The molecule has 0 radical (unpaired) electrons. The summed E-state index contributed by atoms with van der Waals surface area (Å²) >= 11 is 0. The van der Waals surface area contributed by atoms with Crippen LogP contribution >= 0.6 is 0 Å². The fourth-order valence-electron chi connectivity index (χ4n) is 1.31. The molecule has 0 bridgehead atoms. The molecule has 2 nitrogen and oxygen atoms in total. The first-order valence-electron chi connectivity index (χ1n) is 4.95. The summed E-state index contributed by atoms with van der Waals surface area (Å²) in [5.74, 6) is -0.556. The fourth-order valence-corrected chi connectivity index (χ4v) is 1.31. The summed E-state index contributed by atoms with van der Waals surface area (Å²) in [6, 6.07) is 4.71. The van der Waals surface area contributed by atoms with Crippen LogP contribution in [-0.2, 0) is 0 Å². The second-order valence-corrected chi connectivity index (χ2v) is 3.96. The number of carbonyl (C=O) groups is 1. The topological polar surface area (TPSA) is 20.3 Å². The van der Waals surface area contributed by atoms with E-state index in [1.54, 1.807) is 19.1 Å². The summed E-state index contributed by atoms with van der Waals surface area (Å²) in [6.45, 7) is 2.45. The molecule has 0 aliphatic rings. The van der Waals surface area contributed by atoms with E-state index in [1.807, 2.05) is 19.0 Å². The maximum absolute atomic E-state index is 13.4. The molecule has 0 atom stereocenters. The maximum atomic E-state index is 13.4. The van der Waals surface area contributed by atoms with Gasteiger partial charge in [0.25, 0.3) is 0 Å². The number of hydrogen-bond acceptors (Lipinski definition) is 2. The quantitative estimate of drug-likeness (QED) is 0.709. The van der Waals surface area contributed by atoms with Crippen molar-refractivity contribution in [3.05, 3.63) is 35.1 Å². The molecule has 0 spiro atoms. The van der Waals surface area contributed by atoms with Crippen LogP contribution in [0.2, 0.25) is 0 Å². The third-order valence-corrected chi connectivity index (χ3v) is 2.21. The smallest absolute Gasteiger partial charge is 0.167 e. The highest BCUT2D eigenvalue weighted by molar-refractivity contribution is 5.96. The number of halogens is 1. The van der Waals surface area contributed by atoms with Gasteiger partial charge in [0, 0.05) is 13.0 Å². The van der Waals surface area contributed by atoms with Crippen molar-refractivity contribution in [2.75, 3.05) is 20.6 Å². The highest BCUT2D eigenvalue weighted by Crippen LogP contribution is 2.12. The Morgan fingerprint density at radius 1 is 1.40 bits per heavy atom. The molecular weight excluding hydrogens is 193 g/mol. The minimum absolute atomic E-state index is 0.138. The molecule has 0 heterocycles. The third-order valence-electron chi connectivity index (χ3n) is 2.21. The summed E-state index contributed by atoms with van der Waals surface area (Å²) in [5.41, 5.74) is 1.03. The minimum Gasteiger partial charge on any atom is -0.309 e. The Balaban J connectivity index is 2.74. The van der Waals surface area contributed by atoms with Crippen LogP contribution in [0.15, 0.2) is 18.2 Å². The summed E-state index contributed by atoms with van der Waals surface area (Å²) in [5, 5.41) is 0. The standard InChI is InChI=1S/C12H16FNO/c1-9-4-5-10(11(13)8-9)12(15)6-7-14(2)3/h4-5,8H,6-7H2,1-3H3. The van der Waals surface area contributed by atoms with Gasteiger partial charge in [-0.05, 0) is 38.7 Å². The van der Waals surface area contributed by atoms with Crippen molar-refractivity contribution in [1.82, 2.24) is 4.90 Å². The number of aryl methyl sites for hydroxylation is 1. The minimum atomic E-state index is -0.418. The Morgan fingerprint density at radius 2 is 2.07 bits per heavy atom. The first-order chi connectivity index (χ1) is 7.00. The lowest BCUT2D eigenvalue weighted by atomic mass is 10.1. The average Bonchev–Trinajstić information content (AvgIpc) is 2.14. The molecule has 0 fully saturated rings. The van der Waals surface area contributed by atoms with Gasteiger partial charge in [-0.25, -0.2) is 4.39 Å². The normalized spacial score (nSPS) is 10.7. The van der Waals surface area contributed by atoms with E-state index in [9.17, 15) is 9.18 Å². The van der Waals surface area contributed by atoms with Crippen LogP contribution in [0.4, 0.5) is 4.39 Å². The van der Waals surface area contributed by atoms with E-state index in [4.69, 9.17) is 0 Å². The summed E-state index contributed by atoms with van der Waals surface area (Å²) in [6.07, 6.45) is 0.354. The molecule has 0 aliphatic carbocycles. The van der Waals surface area contributed by atoms with Crippen LogP contribution in [-0.4, -0.2) is 31.3 Å². The zero-order valence-corrected chi connectivity index (χ0v) is 9.38. The maximum Gasteiger partial charge on any atom is 0.167 e. The lowest BCUT2D eigenvalue weighted by Gasteiger charge is -2.08. The number of Topliss-reactive ketones (excluding diaryl/α,β-unsaturated/α-hetero) is 1. The van der Waals surface area contributed by atoms with E-state index in [-0.39, 0.29) is 11.3 Å². The monoisotopic (exact) mass is 209 g/mol. The Kier molecular flexibility index (Phi) is 3.97. The molecule has 0 amide bonds. The van der Waals surface area contributed by atoms with E-state index in [2.05, 4.69) is 0 Å². The zero-order valence-electron chi connectivity index (χ0n) is 9.38. The summed E-state index contributed by atoms with van der Waals surface area (Å²) < 4.78 is 13.4. The van der Waals surface area contributed by atoms with Crippen LogP contribution in [0, 0.1) is 12.7 Å². The zero-order chi connectivity index (χ0) is 11.4. The number of rotatable bonds is 4. The molecular formula is C12H16FNO. The molecule has 0 N–H and O–H groups in total. The number of ketones is 1. The molecule has 0 aliphatic heterocycles. The van der Waals surface area contributed by atoms with Crippen molar-refractivity contribution >= 4 is 5.78 Å².